The van der Waals surface area contributed by atoms with Crippen molar-refractivity contribution < 1.29 is 19.0 Å². The number of hydrogen-bond donors (Lipinski definition) is 1. The zero-order chi connectivity index (χ0) is 17.3. The molecule has 1 aromatic carbocycles. The summed E-state index contributed by atoms with van der Waals surface area (Å²) < 4.78 is 21.2. The third kappa shape index (κ3) is 2.87. The minimum atomic E-state index is -1.99. The Balaban J connectivity index is 2.64. The van der Waals surface area contributed by atoms with Crippen LogP contribution in [0.1, 0.15) is 25.8 Å². The molecule has 1 atom stereocenters. The summed E-state index contributed by atoms with van der Waals surface area (Å²) in [5.41, 5.74) is -2.17. The van der Waals surface area contributed by atoms with E-state index in [-0.39, 0.29) is 12.0 Å². The van der Waals surface area contributed by atoms with Gasteiger partial charge >= 0.3 is 5.97 Å². The lowest BCUT2D eigenvalue weighted by atomic mass is 9.66. The number of carboxylic acids is 1. The maximum atomic E-state index is 16.0. The van der Waals surface area contributed by atoms with Gasteiger partial charge in [0.25, 0.3) is 0 Å². The second-order valence-corrected chi connectivity index (χ2v) is 6.06. The average Bonchev–Trinajstić information content (AvgIpc) is 2.54. The van der Waals surface area contributed by atoms with E-state index in [9.17, 15) is 9.90 Å². The molecule has 23 heavy (non-hydrogen) atoms. The summed E-state index contributed by atoms with van der Waals surface area (Å²) in [6.45, 7) is 3.21. The van der Waals surface area contributed by atoms with Gasteiger partial charge in [-0.05, 0) is 37.1 Å². The number of allylic oxidation sites excluding steroid dienone is 3. The van der Waals surface area contributed by atoms with Gasteiger partial charge in [-0.2, -0.15) is 0 Å². The van der Waals surface area contributed by atoms with E-state index in [1.54, 1.807) is 38.1 Å². The quantitative estimate of drug-likeness (QED) is 0.858. The van der Waals surface area contributed by atoms with Crippen LogP contribution in [0.2, 0.25) is 0 Å². The number of methoxy groups -OCH3 is 1. The molecule has 3 nitrogen and oxygen atoms in total. The Hall–Kier alpha value is -2.54. The number of rotatable bonds is 4. The number of terminal acetylenes is 1. The van der Waals surface area contributed by atoms with Gasteiger partial charge in [0.1, 0.15) is 5.75 Å². The predicted octanol–water partition coefficient (Wildman–Crippen LogP) is 3.86. The van der Waals surface area contributed by atoms with E-state index in [0.29, 0.717) is 16.9 Å². The Morgan fingerprint density at radius 1 is 1.43 bits per heavy atom. The van der Waals surface area contributed by atoms with E-state index < -0.39 is 17.1 Å². The van der Waals surface area contributed by atoms with Crippen LogP contribution in [0, 0.1) is 17.8 Å². The molecule has 2 rings (SSSR count). The molecule has 0 spiro atoms. The van der Waals surface area contributed by atoms with E-state index in [1.165, 1.54) is 19.3 Å². The van der Waals surface area contributed by atoms with E-state index in [2.05, 4.69) is 5.92 Å². The first kappa shape index (κ1) is 16.8. The van der Waals surface area contributed by atoms with E-state index >= 15 is 4.39 Å². The molecular weight excluding hydrogens is 295 g/mol. The van der Waals surface area contributed by atoms with Gasteiger partial charge < -0.3 is 9.84 Å². The summed E-state index contributed by atoms with van der Waals surface area (Å²) in [5.74, 6) is 1.93. The first-order valence-electron chi connectivity index (χ1n) is 7.21. The standard InChI is InChI=1S/C19H19FO3/c1-5-18(2,3)19(20)12-14(17(21)22)9-10-16(19)13-7-6-8-15(11-13)23-4/h1,6-11H,12H2,2-4H3,(H,21,22). The number of alkyl halides is 1. The fourth-order valence-corrected chi connectivity index (χ4v) is 2.67. The molecule has 0 fully saturated rings. The fourth-order valence-electron chi connectivity index (χ4n) is 2.67. The Morgan fingerprint density at radius 3 is 2.70 bits per heavy atom. The van der Waals surface area contributed by atoms with Gasteiger partial charge in [-0.15, -0.1) is 6.42 Å². The molecule has 1 aliphatic rings. The Bertz CT molecular complexity index is 737. The summed E-state index contributed by atoms with van der Waals surface area (Å²) in [7, 11) is 1.53. The van der Waals surface area contributed by atoms with Crippen LogP contribution in [0.5, 0.6) is 5.75 Å². The number of carboxylic acid groups (broad SMARTS) is 1. The summed E-state index contributed by atoms with van der Waals surface area (Å²) in [6, 6.07) is 6.99. The van der Waals surface area contributed by atoms with Crippen LogP contribution >= 0.6 is 0 Å². The molecule has 0 bridgehead atoms. The van der Waals surface area contributed by atoms with Crippen LogP contribution < -0.4 is 4.74 Å². The highest BCUT2D eigenvalue weighted by molar-refractivity contribution is 5.91. The second kappa shape index (κ2) is 5.92. The molecule has 0 saturated carbocycles. The zero-order valence-corrected chi connectivity index (χ0v) is 13.4. The molecule has 1 unspecified atom stereocenters. The van der Waals surface area contributed by atoms with Crippen LogP contribution in [0.4, 0.5) is 4.39 Å². The van der Waals surface area contributed by atoms with E-state index in [4.69, 9.17) is 11.2 Å². The van der Waals surface area contributed by atoms with Crippen LogP contribution in [0.25, 0.3) is 5.57 Å². The van der Waals surface area contributed by atoms with Crippen LogP contribution in [-0.2, 0) is 4.79 Å². The van der Waals surface area contributed by atoms with Gasteiger partial charge in [0, 0.05) is 12.0 Å². The van der Waals surface area contributed by atoms with Crippen molar-refractivity contribution in [3.8, 4) is 18.1 Å². The lowest BCUT2D eigenvalue weighted by Gasteiger charge is -2.40. The van der Waals surface area contributed by atoms with Crippen molar-refractivity contribution in [1.29, 1.82) is 0 Å². The minimum absolute atomic E-state index is 0.00229. The highest BCUT2D eigenvalue weighted by Crippen LogP contribution is 2.50. The summed E-state index contributed by atoms with van der Waals surface area (Å²) in [6.07, 6.45) is 8.19. The molecule has 0 radical (unpaired) electrons. The molecule has 0 heterocycles. The Labute approximate surface area is 135 Å². The lowest BCUT2D eigenvalue weighted by Crippen LogP contribution is -2.43. The smallest absolute Gasteiger partial charge is 0.331 e. The molecule has 0 aromatic heterocycles. The Kier molecular flexibility index (Phi) is 4.33. The van der Waals surface area contributed by atoms with Crippen LogP contribution in [0.15, 0.2) is 42.0 Å². The minimum Gasteiger partial charge on any atom is -0.497 e. The lowest BCUT2D eigenvalue weighted by molar-refractivity contribution is -0.133. The summed E-state index contributed by atoms with van der Waals surface area (Å²) in [4.78, 5) is 11.3. The topological polar surface area (TPSA) is 46.5 Å². The van der Waals surface area contributed by atoms with E-state index in [0.717, 1.165) is 0 Å². The molecule has 0 saturated heterocycles. The monoisotopic (exact) mass is 314 g/mol. The average molecular weight is 314 g/mol. The van der Waals surface area contributed by atoms with Gasteiger partial charge in [-0.25, -0.2) is 9.18 Å². The Morgan fingerprint density at radius 2 is 2.13 bits per heavy atom. The molecule has 1 aromatic rings. The highest BCUT2D eigenvalue weighted by atomic mass is 19.1. The molecule has 4 heteroatoms. The number of benzene rings is 1. The molecule has 1 N–H and O–H groups in total. The molecule has 0 amide bonds. The molecule has 1 aliphatic carbocycles. The largest absolute Gasteiger partial charge is 0.497 e. The van der Waals surface area contributed by atoms with Gasteiger partial charge in [0.2, 0.25) is 0 Å². The molecule has 0 aliphatic heterocycles. The second-order valence-electron chi connectivity index (χ2n) is 6.06. The van der Waals surface area contributed by atoms with Crippen molar-refractivity contribution in [2.45, 2.75) is 25.9 Å². The van der Waals surface area contributed by atoms with Gasteiger partial charge in [-0.1, -0.05) is 30.2 Å². The number of ether oxygens (including phenoxy) is 1. The number of aliphatic carboxylic acids is 1. The fraction of sp³-hybridized carbons (Fsp3) is 0.316. The SMILES string of the molecule is C#CC(C)(C)C1(F)CC(C(=O)O)=CC=C1c1cccc(OC)c1. The van der Waals surface area contributed by atoms with Crippen molar-refractivity contribution in [2.75, 3.05) is 7.11 Å². The van der Waals surface area contributed by atoms with Crippen molar-refractivity contribution in [3.05, 3.63) is 47.6 Å². The summed E-state index contributed by atoms with van der Waals surface area (Å²) >= 11 is 0. The van der Waals surface area contributed by atoms with Gasteiger partial charge in [0.15, 0.2) is 5.67 Å². The number of hydrogen-bond acceptors (Lipinski definition) is 2. The van der Waals surface area contributed by atoms with Crippen molar-refractivity contribution in [1.82, 2.24) is 0 Å². The van der Waals surface area contributed by atoms with E-state index in [1.807, 2.05) is 0 Å². The van der Waals surface area contributed by atoms with Crippen molar-refractivity contribution in [3.63, 3.8) is 0 Å². The predicted molar refractivity (Wildman–Crippen MR) is 87.8 cm³/mol. The van der Waals surface area contributed by atoms with Crippen LogP contribution in [-0.4, -0.2) is 23.9 Å². The number of halogens is 1. The first-order valence-corrected chi connectivity index (χ1v) is 7.21. The third-order valence-corrected chi connectivity index (χ3v) is 4.32. The van der Waals surface area contributed by atoms with Crippen LogP contribution in [0.3, 0.4) is 0 Å². The first-order chi connectivity index (χ1) is 10.7. The van der Waals surface area contributed by atoms with Crippen molar-refractivity contribution >= 4 is 11.5 Å². The van der Waals surface area contributed by atoms with Gasteiger partial charge in [0.05, 0.1) is 12.5 Å². The zero-order valence-electron chi connectivity index (χ0n) is 13.4. The maximum Gasteiger partial charge on any atom is 0.331 e. The van der Waals surface area contributed by atoms with Gasteiger partial charge in [-0.3, -0.25) is 0 Å². The molecule has 120 valence electrons. The highest BCUT2D eigenvalue weighted by Gasteiger charge is 2.50. The maximum absolute atomic E-state index is 16.0. The third-order valence-electron chi connectivity index (χ3n) is 4.32. The molecular formula is C19H19FO3. The normalized spacial score (nSPS) is 21.0. The summed E-state index contributed by atoms with van der Waals surface area (Å²) in [5, 5.41) is 9.21. The van der Waals surface area contributed by atoms with Crippen molar-refractivity contribution in [2.24, 2.45) is 5.41 Å². The number of carbonyl (C=O) groups is 1.